The summed E-state index contributed by atoms with van der Waals surface area (Å²) in [7, 11) is 0. The Morgan fingerprint density at radius 3 is 2.46 bits per heavy atom. The Morgan fingerprint density at radius 2 is 1.85 bits per heavy atom. The van der Waals surface area contributed by atoms with Gasteiger partial charge in [-0.3, -0.25) is 19.8 Å². The van der Waals surface area contributed by atoms with E-state index in [0.717, 1.165) is 18.7 Å². The molecule has 1 aliphatic rings. The zero-order valence-electron chi connectivity index (χ0n) is 14.7. The number of rotatable bonds is 6. The number of likely N-dealkylation sites (tertiary alicyclic amines) is 1. The number of carbonyl (C=O) groups excluding carboxylic acids is 1. The molecule has 0 N–H and O–H groups in total. The zero-order chi connectivity index (χ0) is 18.5. The molecule has 0 radical (unpaired) electrons. The Morgan fingerprint density at radius 1 is 1.15 bits per heavy atom. The maximum atomic E-state index is 12.4. The van der Waals surface area contributed by atoms with Gasteiger partial charge in [0.05, 0.1) is 17.4 Å². The summed E-state index contributed by atoms with van der Waals surface area (Å²) in [6, 6.07) is 16.6. The molecule has 1 aliphatic heterocycles. The van der Waals surface area contributed by atoms with Crippen molar-refractivity contribution in [2.45, 2.75) is 19.4 Å². The van der Waals surface area contributed by atoms with E-state index >= 15 is 0 Å². The predicted molar refractivity (Wildman–Crippen MR) is 97.7 cm³/mol. The lowest BCUT2D eigenvalue weighted by Crippen LogP contribution is -2.25. The molecule has 2 aromatic carbocycles. The maximum absolute atomic E-state index is 12.4. The average Bonchev–Trinajstić information content (AvgIpc) is 3.07. The quantitative estimate of drug-likeness (QED) is 0.452. The standard InChI is InChI=1S/C20H22N2O4/c1-2-26-20(23)19-14-21(12-15-6-4-3-5-7-15)13-18(19)16-8-10-17(11-9-16)22(24)25/h3-11,18-19H,2,12-14H2,1H3/t18-,19-/m0/s1. The van der Waals surface area contributed by atoms with E-state index in [1.54, 1.807) is 19.1 Å². The minimum absolute atomic E-state index is 0.0291. The van der Waals surface area contributed by atoms with Crippen molar-refractivity contribution in [3.63, 3.8) is 0 Å². The fraction of sp³-hybridized carbons (Fsp3) is 0.350. The van der Waals surface area contributed by atoms with Gasteiger partial charge in [-0.15, -0.1) is 0 Å². The molecule has 1 fully saturated rings. The van der Waals surface area contributed by atoms with Crippen LogP contribution in [0, 0.1) is 16.0 Å². The van der Waals surface area contributed by atoms with Crippen LogP contribution in [0.1, 0.15) is 24.0 Å². The van der Waals surface area contributed by atoms with Crippen molar-refractivity contribution in [1.82, 2.24) is 4.90 Å². The average molecular weight is 354 g/mol. The number of carbonyl (C=O) groups is 1. The lowest BCUT2D eigenvalue weighted by atomic mass is 9.89. The van der Waals surface area contributed by atoms with Gasteiger partial charge in [0.1, 0.15) is 0 Å². The molecule has 3 rings (SSSR count). The number of nitro groups is 1. The van der Waals surface area contributed by atoms with Gasteiger partial charge in [0.15, 0.2) is 0 Å². The second-order valence-corrected chi connectivity index (χ2v) is 6.49. The molecule has 0 amide bonds. The Kier molecular flexibility index (Phi) is 5.63. The second kappa shape index (κ2) is 8.10. The molecule has 0 aromatic heterocycles. The highest BCUT2D eigenvalue weighted by atomic mass is 16.6. The van der Waals surface area contributed by atoms with Crippen LogP contribution in [0.25, 0.3) is 0 Å². The number of hydrogen-bond acceptors (Lipinski definition) is 5. The number of non-ortho nitro benzene ring substituents is 1. The summed E-state index contributed by atoms with van der Waals surface area (Å²) in [5.41, 5.74) is 2.18. The van der Waals surface area contributed by atoms with Gasteiger partial charge in [-0.2, -0.15) is 0 Å². The highest BCUT2D eigenvalue weighted by molar-refractivity contribution is 5.74. The van der Waals surface area contributed by atoms with Gasteiger partial charge in [0, 0.05) is 37.7 Å². The van der Waals surface area contributed by atoms with Gasteiger partial charge in [0.2, 0.25) is 0 Å². The van der Waals surface area contributed by atoms with Crippen LogP contribution in [0.3, 0.4) is 0 Å². The van der Waals surface area contributed by atoms with Crippen molar-refractivity contribution < 1.29 is 14.5 Å². The first-order valence-corrected chi connectivity index (χ1v) is 8.75. The van der Waals surface area contributed by atoms with Crippen molar-refractivity contribution >= 4 is 11.7 Å². The van der Waals surface area contributed by atoms with E-state index in [1.165, 1.54) is 17.7 Å². The minimum atomic E-state index is -0.414. The van der Waals surface area contributed by atoms with E-state index in [1.807, 2.05) is 18.2 Å². The summed E-state index contributed by atoms with van der Waals surface area (Å²) in [5, 5.41) is 10.9. The van der Waals surface area contributed by atoms with Crippen molar-refractivity contribution in [3.05, 3.63) is 75.8 Å². The summed E-state index contributed by atoms with van der Waals surface area (Å²) in [6.45, 7) is 4.25. The normalized spacial score (nSPS) is 20.0. The van der Waals surface area contributed by atoms with Crippen molar-refractivity contribution in [1.29, 1.82) is 0 Å². The molecule has 26 heavy (non-hydrogen) atoms. The van der Waals surface area contributed by atoms with E-state index in [-0.39, 0.29) is 23.5 Å². The number of nitro benzene ring substituents is 1. The van der Waals surface area contributed by atoms with E-state index in [4.69, 9.17) is 4.74 Å². The number of esters is 1. The number of ether oxygens (including phenoxy) is 1. The van der Waals surface area contributed by atoms with Crippen LogP contribution in [-0.2, 0) is 16.1 Å². The first-order chi connectivity index (χ1) is 12.6. The Hall–Kier alpha value is -2.73. The monoisotopic (exact) mass is 354 g/mol. The summed E-state index contributed by atoms with van der Waals surface area (Å²) in [6.07, 6.45) is 0. The van der Waals surface area contributed by atoms with Crippen LogP contribution in [-0.4, -0.2) is 35.5 Å². The molecule has 136 valence electrons. The molecule has 6 nitrogen and oxygen atoms in total. The molecule has 1 heterocycles. The fourth-order valence-electron chi connectivity index (χ4n) is 3.53. The Bertz CT molecular complexity index is 761. The summed E-state index contributed by atoms with van der Waals surface area (Å²) in [4.78, 5) is 25.1. The predicted octanol–water partition coefficient (Wildman–Crippen LogP) is 3.37. The topological polar surface area (TPSA) is 72.7 Å². The first-order valence-electron chi connectivity index (χ1n) is 8.75. The lowest BCUT2D eigenvalue weighted by Gasteiger charge is -2.17. The van der Waals surface area contributed by atoms with Crippen LogP contribution in [0.4, 0.5) is 5.69 Å². The molecule has 1 saturated heterocycles. The van der Waals surface area contributed by atoms with E-state index in [0.29, 0.717) is 13.2 Å². The Balaban J connectivity index is 1.80. The smallest absolute Gasteiger partial charge is 0.310 e. The third-order valence-corrected chi connectivity index (χ3v) is 4.77. The number of hydrogen-bond donors (Lipinski definition) is 0. The van der Waals surface area contributed by atoms with Crippen molar-refractivity contribution in [2.75, 3.05) is 19.7 Å². The molecule has 0 aliphatic carbocycles. The maximum Gasteiger partial charge on any atom is 0.310 e. The van der Waals surface area contributed by atoms with Gasteiger partial charge >= 0.3 is 5.97 Å². The van der Waals surface area contributed by atoms with Gasteiger partial charge in [-0.25, -0.2) is 0 Å². The third kappa shape index (κ3) is 4.08. The van der Waals surface area contributed by atoms with Crippen molar-refractivity contribution in [3.8, 4) is 0 Å². The zero-order valence-corrected chi connectivity index (χ0v) is 14.7. The molecule has 0 bridgehead atoms. The van der Waals surface area contributed by atoms with E-state index < -0.39 is 4.92 Å². The van der Waals surface area contributed by atoms with Crippen molar-refractivity contribution in [2.24, 2.45) is 5.92 Å². The van der Waals surface area contributed by atoms with Crippen LogP contribution in [0.15, 0.2) is 54.6 Å². The third-order valence-electron chi connectivity index (χ3n) is 4.77. The van der Waals surface area contributed by atoms with Gasteiger partial charge in [0.25, 0.3) is 5.69 Å². The summed E-state index contributed by atoms with van der Waals surface area (Å²) in [5.74, 6) is -0.495. The molecule has 0 unspecified atom stereocenters. The van der Waals surface area contributed by atoms with Crippen LogP contribution >= 0.6 is 0 Å². The van der Waals surface area contributed by atoms with Gasteiger partial charge in [-0.05, 0) is 18.1 Å². The SMILES string of the molecule is CCOC(=O)[C@H]1CN(Cc2ccccc2)C[C@H]1c1ccc([N+](=O)[O-])cc1. The van der Waals surface area contributed by atoms with Gasteiger partial charge < -0.3 is 4.74 Å². The molecular formula is C20H22N2O4. The molecular weight excluding hydrogens is 332 g/mol. The van der Waals surface area contributed by atoms with Crippen LogP contribution < -0.4 is 0 Å². The molecule has 0 spiro atoms. The van der Waals surface area contributed by atoms with E-state index in [9.17, 15) is 14.9 Å². The first kappa shape index (κ1) is 18.1. The molecule has 2 aromatic rings. The summed E-state index contributed by atoms with van der Waals surface area (Å²) < 4.78 is 5.26. The lowest BCUT2D eigenvalue weighted by molar-refractivity contribution is -0.384. The largest absolute Gasteiger partial charge is 0.466 e. The minimum Gasteiger partial charge on any atom is -0.466 e. The highest BCUT2D eigenvalue weighted by Crippen LogP contribution is 2.35. The number of nitrogens with zero attached hydrogens (tertiary/aromatic N) is 2. The van der Waals surface area contributed by atoms with E-state index in [2.05, 4.69) is 17.0 Å². The second-order valence-electron chi connectivity index (χ2n) is 6.49. The highest BCUT2D eigenvalue weighted by Gasteiger charge is 2.39. The molecule has 6 heteroatoms. The van der Waals surface area contributed by atoms with Crippen LogP contribution in [0.5, 0.6) is 0 Å². The fourth-order valence-corrected chi connectivity index (χ4v) is 3.53. The van der Waals surface area contributed by atoms with Gasteiger partial charge in [-0.1, -0.05) is 42.5 Å². The van der Waals surface area contributed by atoms with Crippen LogP contribution in [0.2, 0.25) is 0 Å². The Labute approximate surface area is 152 Å². The molecule has 2 atom stereocenters. The molecule has 0 saturated carbocycles. The summed E-state index contributed by atoms with van der Waals surface area (Å²) >= 11 is 0. The number of benzene rings is 2.